The number of amides is 2. The maximum Gasteiger partial charge on any atom is 0.252 e. The summed E-state index contributed by atoms with van der Waals surface area (Å²) in [5, 5.41) is 3.04. The highest BCUT2D eigenvalue weighted by atomic mass is 16.2. The van der Waals surface area contributed by atoms with Crippen molar-refractivity contribution >= 4 is 17.5 Å². The van der Waals surface area contributed by atoms with Gasteiger partial charge in [0, 0.05) is 25.4 Å². The smallest absolute Gasteiger partial charge is 0.252 e. The van der Waals surface area contributed by atoms with Crippen LogP contribution in [-0.4, -0.2) is 33.9 Å². The van der Waals surface area contributed by atoms with Gasteiger partial charge in [0.1, 0.15) is 6.04 Å². The van der Waals surface area contributed by atoms with E-state index in [0.717, 1.165) is 6.42 Å². The van der Waals surface area contributed by atoms with E-state index in [1.807, 2.05) is 13.8 Å². The second-order valence-electron chi connectivity index (χ2n) is 4.83. The number of nitrogens with one attached hydrogen (secondary N) is 1. The van der Waals surface area contributed by atoms with Gasteiger partial charge < -0.3 is 9.88 Å². The SMILES string of the molecule is CCCN1C(=O)CC(Nc2ccc(=O)n(CC)c2)C1=O. The predicted molar refractivity (Wildman–Crippen MR) is 75.4 cm³/mol. The maximum atomic E-state index is 12.1. The molecule has 2 rings (SSSR count). The lowest BCUT2D eigenvalue weighted by atomic mass is 10.2. The number of imide groups is 1. The fourth-order valence-corrected chi connectivity index (χ4v) is 2.32. The Morgan fingerprint density at radius 1 is 1.25 bits per heavy atom. The molecule has 1 N–H and O–H groups in total. The fraction of sp³-hybridized carbons (Fsp3) is 0.500. The summed E-state index contributed by atoms with van der Waals surface area (Å²) in [5.41, 5.74) is 0.593. The Hall–Kier alpha value is -2.11. The molecule has 0 spiro atoms. The van der Waals surface area contributed by atoms with Gasteiger partial charge in [-0.05, 0) is 19.4 Å². The first-order valence-corrected chi connectivity index (χ1v) is 6.88. The first-order valence-electron chi connectivity index (χ1n) is 6.88. The lowest BCUT2D eigenvalue weighted by Crippen LogP contribution is -2.35. The zero-order valence-electron chi connectivity index (χ0n) is 11.8. The quantitative estimate of drug-likeness (QED) is 0.809. The van der Waals surface area contributed by atoms with E-state index in [1.165, 1.54) is 11.0 Å². The van der Waals surface area contributed by atoms with E-state index in [-0.39, 0.29) is 23.8 Å². The molecule has 0 aromatic carbocycles. The van der Waals surface area contributed by atoms with Gasteiger partial charge in [-0.2, -0.15) is 0 Å². The Labute approximate surface area is 117 Å². The second kappa shape index (κ2) is 5.90. The van der Waals surface area contributed by atoms with Crippen molar-refractivity contribution in [3.05, 3.63) is 28.7 Å². The summed E-state index contributed by atoms with van der Waals surface area (Å²) in [4.78, 5) is 36.7. The average Bonchev–Trinajstić information content (AvgIpc) is 2.69. The Bertz CT molecular complexity index is 579. The van der Waals surface area contributed by atoms with Gasteiger partial charge in [0.25, 0.3) is 11.5 Å². The molecule has 6 heteroatoms. The first kappa shape index (κ1) is 14.3. The summed E-state index contributed by atoms with van der Waals surface area (Å²) >= 11 is 0. The molecule has 6 nitrogen and oxygen atoms in total. The van der Waals surface area contributed by atoms with Crippen LogP contribution in [0.1, 0.15) is 26.7 Å². The molecule has 1 fully saturated rings. The minimum atomic E-state index is -0.531. The molecule has 0 aliphatic carbocycles. The van der Waals surface area contributed by atoms with Gasteiger partial charge >= 0.3 is 0 Å². The first-order chi connectivity index (χ1) is 9.56. The van der Waals surface area contributed by atoms with Gasteiger partial charge in [-0.15, -0.1) is 0 Å². The molecule has 0 saturated carbocycles. The monoisotopic (exact) mass is 277 g/mol. The highest BCUT2D eigenvalue weighted by molar-refractivity contribution is 6.06. The summed E-state index contributed by atoms with van der Waals surface area (Å²) in [7, 11) is 0. The third-order valence-corrected chi connectivity index (χ3v) is 3.36. The highest BCUT2D eigenvalue weighted by Crippen LogP contribution is 2.18. The van der Waals surface area contributed by atoms with Crippen molar-refractivity contribution < 1.29 is 9.59 Å². The van der Waals surface area contributed by atoms with Gasteiger partial charge in [-0.25, -0.2) is 0 Å². The number of aryl methyl sites for hydroxylation is 1. The Balaban J connectivity index is 2.13. The molecular formula is C14H19N3O3. The molecule has 2 amide bonds. The summed E-state index contributed by atoms with van der Waals surface area (Å²) in [5.74, 6) is -0.329. The van der Waals surface area contributed by atoms with E-state index in [1.54, 1.807) is 16.8 Å². The predicted octanol–water partition coefficient (Wildman–Crippen LogP) is 0.818. The topological polar surface area (TPSA) is 71.4 Å². The molecule has 0 radical (unpaired) electrons. The zero-order chi connectivity index (χ0) is 14.7. The Kier molecular flexibility index (Phi) is 4.22. The zero-order valence-corrected chi connectivity index (χ0v) is 11.8. The molecule has 2 heterocycles. The highest BCUT2D eigenvalue weighted by Gasteiger charge is 2.37. The van der Waals surface area contributed by atoms with Crippen LogP contribution in [0.15, 0.2) is 23.1 Å². The number of hydrogen-bond donors (Lipinski definition) is 1. The molecule has 108 valence electrons. The standard InChI is InChI=1S/C14H19N3O3/c1-3-7-17-13(19)8-11(14(17)20)15-10-5-6-12(18)16(4-2)9-10/h5-6,9,11,15H,3-4,7-8H2,1-2H3. The normalized spacial score (nSPS) is 18.7. The van der Waals surface area contributed by atoms with Gasteiger partial charge in [0.15, 0.2) is 0 Å². The Morgan fingerprint density at radius 2 is 2.00 bits per heavy atom. The van der Waals surface area contributed by atoms with Gasteiger partial charge in [0.2, 0.25) is 5.91 Å². The molecule has 1 aliphatic heterocycles. The molecule has 1 aromatic rings. The van der Waals surface area contributed by atoms with Crippen LogP contribution in [-0.2, 0) is 16.1 Å². The number of rotatable bonds is 5. The molecule has 1 atom stereocenters. The second-order valence-corrected chi connectivity index (χ2v) is 4.83. The van der Waals surface area contributed by atoms with Crippen molar-refractivity contribution in [3.8, 4) is 0 Å². The molecule has 1 saturated heterocycles. The minimum absolute atomic E-state index is 0.0838. The van der Waals surface area contributed by atoms with Crippen LogP contribution in [0.5, 0.6) is 0 Å². The van der Waals surface area contributed by atoms with Crippen LogP contribution in [0.3, 0.4) is 0 Å². The number of nitrogens with zero attached hydrogens (tertiary/aromatic N) is 2. The molecule has 20 heavy (non-hydrogen) atoms. The number of carbonyl (C=O) groups is 2. The van der Waals surface area contributed by atoms with Gasteiger partial charge in [-0.1, -0.05) is 6.92 Å². The van der Waals surface area contributed by atoms with Crippen molar-refractivity contribution in [1.82, 2.24) is 9.47 Å². The van der Waals surface area contributed by atoms with Gasteiger partial charge in [-0.3, -0.25) is 19.3 Å². The summed E-state index contributed by atoms with van der Waals surface area (Å²) in [6.45, 7) is 4.83. The van der Waals surface area contributed by atoms with Crippen LogP contribution in [0.25, 0.3) is 0 Å². The number of likely N-dealkylation sites (tertiary alicyclic amines) is 1. The van der Waals surface area contributed by atoms with Crippen LogP contribution < -0.4 is 10.9 Å². The number of anilines is 1. The van der Waals surface area contributed by atoms with Crippen molar-refractivity contribution in [1.29, 1.82) is 0 Å². The molecule has 1 aliphatic rings. The van der Waals surface area contributed by atoms with E-state index < -0.39 is 6.04 Å². The minimum Gasteiger partial charge on any atom is -0.372 e. The van der Waals surface area contributed by atoms with Crippen molar-refractivity contribution in [2.24, 2.45) is 0 Å². The number of hydrogen-bond acceptors (Lipinski definition) is 4. The van der Waals surface area contributed by atoms with Crippen molar-refractivity contribution in [2.45, 2.75) is 39.3 Å². The molecular weight excluding hydrogens is 258 g/mol. The van der Waals surface area contributed by atoms with Crippen LogP contribution >= 0.6 is 0 Å². The summed E-state index contributed by atoms with van der Waals surface area (Å²) in [6.07, 6.45) is 2.59. The molecule has 1 aromatic heterocycles. The van der Waals surface area contributed by atoms with Crippen molar-refractivity contribution in [3.63, 3.8) is 0 Å². The average molecular weight is 277 g/mol. The maximum absolute atomic E-state index is 12.1. The molecule has 1 unspecified atom stereocenters. The van der Waals surface area contributed by atoms with Crippen LogP contribution in [0.4, 0.5) is 5.69 Å². The fourth-order valence-electron chi connectivity index (χ4n) is 2.32. The van der Waals surface area contributed by atoms with E-state index in [2.05, 4.69) is 5.32 Å². The van der Waals surface area contributed by atoms with Crippen LogP contribution in [0.2, 0.25) is 0 Å². The number of pyridine rings is 1. The molecule has 0 bridgehead atoms. The van der Waals surface area contributed by atoms with E-state index in [9.17, 15) is 14.4 Å². The van der Waals surface area contributed by atoms with Crippen molar-refractivity contribution in [2.75, 3.05) is 11.9 Å². The van der Waals surface area contributed by atoms with Crippen LogP contribution in [0, 0.1) is 0 Å². The van der Waals surface area contributed by atoms with E-state index in [0.29, 0.717) is 18.8 Å². The third kappa shape index (κ3) is 2.74. The number of aromatic nitrogens is 1. The summed E-state index contributed by atoms with van der Waals surface area (Å²) in [6, 6.07) is 2.56. The van der Waals surface area contributed by atoms with E-state index in [4.69, 9.17) is 0 Å². The van der Waals surface area contributed by atoms with E-state index >= 15 is 0 Å². The number of carbonyl (C=O) groups excluding carboxylic acids is 2. The van der Waals surface area contributed by atoms with Gasteiger partial charge in [0.05, 0.1) is 12.1 Å². The Morgan fingerprint density at radius 3 is 2.65 bits per heavy atom. The lowest BCUT2D eigenvalue weighted by Gasteiger charge is -2.15. The largest absolute Gasteiger partial charge is 0.372 e. The third-order valence-electron chi connectivity index (χ3n) is 3.36. The summed E-state index contributed by atoms with van der Waals surface area (Å²) < 4.78 is 1.55. The lowest BCUT2D eigenvalue weighted by molar-refractivity contribution is -0.138.